The molecule has 1 heterocycles. The summed E-state index contributed by atoms with van der Waals surface area (Å²) in [4.78, 5) is 9.54. The van der Waals surface area contributed by atoms with Crippen LogP contribution in [0.15, 0.2) is 60.0 Å². The van der Waals surface area contributed by atoms with Crippen molar-refractivity contribution < 1.29 is 4.84 Å². The van der Waals surface area contributed by atoms with Gasteiger partial charge in [0, 0.05) is 23.9 Å². The summed E-state index contributed by atoms with van der Waals surface area (Å²) in [5, 5.41) is 4.34. The number of hydrogen-bond donors (Lipinski definition) is 0. The number of pyridine rings is 1. The van der Waals surface area contributed by atoms with Crippen LogP contribution in [0.1, 0.15) is 24.0 Å². The van der Waals surface area contributed by atoms with Gasteiger partial charge in [-0.2, -0.15) is 0 Å². The topological polar surface area (TPSA) is 34.5 Å². The molecule has 0 saturated heterocycles. The molecule has 96 valence electrons. The maximum atomic E-state index is 5.51. The predicted octanol–water partition coefficient (Wildman–Crippen LogP) is 3.41. The predicted molar refractivity (Wildman–Crippen MR) is 74.7 cm³/mol. The van der Waals surface area contributed by atoms with Crippen molar-refractivity contribution in [3.8, 4) is 0 Å². The average molecular weight is 252 g/mol. The van der Waals surface area contributed by atoms with Gasteiger partial charge >= 0.3 is 0 Å². The first-order valence-electron chi connectivity index (χ1n) is 6.57. The Hall–Kier alpha value is -2.16. The molecule has 1 aromatic heterocycles. The van der Waals surface area contributed by atoms with Gasteiger partial charge in [0.2, 0.25) is 0 Å². The first kappa shape index (κ1) is 11.9. The number of hydrogen-bond acceptors (Lipinski definition) is 3. The van der Waals surface area contributed by atoms with Crippen LogP contribution >= 0.6 is 0 Å². The number of nitrogens with zero attached hydrogens (tertiary/aromatic N) is 2. The fraction of sp³-hybridized carbons (Fsp3) is 0.250. The van der Waals surface area contributed by atoms with E-state index in [-0.39, 0.29) is 0 Å². The van der Waals surface area contributed by atoms with Crippen LogP contribution in [0.25, 0.3) is 0 Å². The third-order valence-corrected chi connectivity index (χ3v) is 3.18. The van der Waals surface area contributed by atoms with Crippen molar-refractivity contribution in [2.45, 2.75) is 19.4 Å². The zero-order valence-corrected chi connectivity index (χ0v) is 10.7. The summed E-state index contributed by atoms with van der Waals surface area (Å²) >= 11 is 0. The van der Waals surface area contributed by atoms with E-state index in [4.69, 9.17) is 4.84 Å². The average Bonchev–Trinajstić information content (AvgIpc) is 3.30. The maximum Gasteiger partial charge on any atom is 0.142 e. The first-order chi connectivity index (χ1) is 9.43. The molecule has 0 unspecified atom stereocenters. The molecule has 1 aromatic carbocycles. The molecular weight excluding hydrogens is 236 g/mol. The molecule has 1 aliphatic carbocycles. The lowest BCUT2D eigenvalue weighted by molar-refractivity contribution is 0.130. The van der Waals surface area contributed by atoms with Crippen LogP contribution in [0, 0.1) is 5.92 Å². The zero-order chi connectivity index (χ0) is 12.9. The van der Waals surface area contributed by atoms with Crippen molar-refractivity contribution in [2.24, 2.45) is 11.1 Å². The minimum absolute atomic E-state index is 0.516. The van der Waals surface area contributed by atoms with E-state index in [1.807, 2.05) is 42.5 Å². The standard InChI is InChI=1S/C16H16N2O/c1-2-4-13(5-3-1)12-19-18-16(14-6-7-14)15-8-10-17-11-9-15/h1-5,8-11,14H,6-7,12H2/b18-16+. The largest absolute Gasteiger partial charge is 0.391 e. The molecule has 0 N–H and O–H groups in total. The maximum absolute atomic E-state index is 5.51. The summed E-state index contributed by atoms with van der Waals surface area (Å²) < 4.78 is 0. The van der Waals surface area contributed by atoms with Crippen molar-refractivity contribution in [1.29, 1.82) is 0 Å². The lowest BCUT2D eigenvalue weighted by Crippen LogP contribution is -2.05. The van der Waals surface area contributed by atoms with Crippen LogP contribution in [0.2, 0.25) is 0 Å². The zero-order valence-electron chi connectivity index (χ0n) is 10.7. The van der Waals surface area contributed by atoms with Gasteiger partial charge in [0.05, 0.1) is 5.71 Å². The molecular formula is C16H16N2O. The summed E-state index contributed by atoms with van der Waals surface area (Å²) in [5.41, 5.74) is 3.31. The summed E-state index contributed by atoms with van der Waals surface area (Å²) in [6.45, 7) is 0.516. The van der Waals surface area contributed by atoms with Crippen LogP contribution in [-0.2, 0) is 11.4 Å². The highest BCUT2D eigenvalue weighted by Gasteiger charge is 2.29. The number of rotatable bonds is 5. The van der Waals surface area contributed by atoms with Gasteiger partial charge in [0.15, 0.2) is 0 Å². The molecule has 1 fully saturated rings. The molecule has 0 spiro atoms. The Labute approximate surface area is 112 Å². The normalized spacial score (nSPS) is 15.3. The third-order valence-electron chi connectivity index (χ3n) is 3.18. The summed E-state index contributed by atoms with van der Waals surface area (Å²) in [6, 6.07) is 14.1. The van der Waals surface area contributed by atoms with Crippen LogP contribution in [0.5, 0.6) is 0 Å². The third kappa shape index (κ3) is 3.19. The van der Waals surface area contributed by atoms with Crippen molar-refractivity contribution in [1.82, 2.24) is 4.98 Å². The van der Waals surface area contributed by atoms with E-state index in [2.05, 4.69) is 10.1 Å². The summed E-state index contributed by atoms with van der Waals surface area (Å²) in [7, 11) is 0. The second kappa shape index (κ2) is 5.65. The van der Waals surface area contributed by atoms with Gasteiger partial charge in [0.1, 0.15) is 6.61 Å². The van der Waals surface area contributed by atoms with Crippen LogP contribution < -0.4 is 0 Å². The lowest BCUT2D eigenvalue weighted by Gasteiger charge is -2.05. The summed E-state index contributed by atoms with van der Waals surface area (Å²) in [6.07, 6.45) is 6.00. The van der Waals surface area contributed by atoms with Gasteiger partial charge in [0.25, 0.3) is 0 Å². The Bertz CT molecular complexity index is 547. The fourth-order valence-corrected chi connectivity index (χ4v) is 1.99. The highest BCUT2D eigenvalue weighted by Crippen LogP contribution is 2.33. The summed E-state index contributed by atoms with van der Waals surface area (Å²) in [5.74, 6) is 0.554. The van der Waals surface area contributed by atoms with E-state index in [1.165, 1.54) is 12.8 Å². The van der Waals surface area contributed by atoms with Crippen LogP contribution in [0.4, 0.5) is 0 Å². The van der Waals surface area contributed by atoms with Gasteiger partial charge in [-0.25, -0.2) is 0 Å². The molecule has 0 amide bonds. The van der Waals surface area contributed by atoms with E-state index in [0.29, 0.717) is 12.5 Å². The van der Waals surface area contributed by atoms with E-state index >= 15 is 0 Å². The first-order valence-corrected chi connectivity index (χ1v) is 6.57. The van der Waals surface area contributed by atoms with Crippen LogP contribution in [0.3, 0.4) is 0 Å². The van der Waals surface area contributed by atoms with Crippen molar-refractivity contribution >= 4 is 5.71 Å². The molecule has 3 nitrogen and oxygen atoms in total. The quantitative estimate of drug-likeness (QED) is 0.603. The number of oxime groups is 1. The SMILES string of the molecule is c1ccc(CO/N=C(/c2ccncc2)C2CC2)cc1. The van der Waals surface area contributed by atoms with E-state index in [9.17, 15) is 0 Å². The molecule has 1 aliphatic rings. The van der Waals surface area contributed by atoms with Gasteiger partial charge in [-0.3, -0.25) is 4.98 Å². The molecule has 0 atom stereocenters. The monoisotopic (exact) mass is 252 g/mol. The van der Waals surface area contributed by atoms with Crippen molar-refractivity contribution in [3.63, 3.8) is 0 Å². The molecule has 2 aromatic rings. The minimum atomic E-state index is 0.516. The highest BCUT2D eigenvalue weighted by molar-refractivity contribution is 6.03. The van der Waals surface area contributed by atoms with Gasteiger partial charge in [-0.05, 0) is 30.5 Å². The molecule has 3 heteroatoms. The second-order valence-electron chi connectivity index (χ2n) is 4.75. The Morgan fingerprint density at radius 3 is 2.53 bits per heavy atom. The lowest BCUT2D eigenvalue weighted by atomic mass is 10.1. The van der Waals surface area contributed by atoms with Crippen molar-refractivity contribution in [2.75, 3.05) is 0 Å². The molecule has 19 heavy (non-hydrogen) atoms. The molecule has 0 bridgehead atoms. The van der Waals surface area contributed by atoms with Crippen LogP contribution in [-0.4, -0.2) is 10.7 Å². The van der Waals surface area contributed by atoms with E-state index in [1.54, 1.807) is 12.4 Å². The van der Waals surface area contributed by atoms with Gasteiger partial charge in [-0.15, -0.1) is 0 Å². The number of aromatic nitrogens is 1. The highest BCUT2D eigenvalue weighted by atomic mass is 16.6. The Morgan fingerprint density at radius 2 is 1.84 bits per heavy atom. The second-order valence-corrected chi connectivity index (χ2v) is 4.75. The van der Waals surface area contributed by atoms with E-state index < -0.39 is 0 Å². The van der Waals surface area contributed by atoms with Gasteiger partial charge < -0.3 is 4.84 Å². The molecule has 0 aliphatic heterocycles. The molecule has 3 rings (SSSR count). The van der Waals surface area contributed by atoms with E-state index in [0.717, 1.165) is 16.8 Å². The smallest absolute Gasteiger partial charge is 0.142 e. The molecule has 1 saturated carbocycles. The number of benzene rings is 1. The van der Waals surface area contributed by atoms with Crippen molar-refractivity contribution in [3.05, 3.63) is 66.0 Å². The Morgan fingerprint density at radius 1 is 1.11 bits per heavy atom. The minimum Gasteiger partial charge on any atom is -0.391 e. The Kier molecular flexibility index (Phi) is 3.54. The molecule has 0 radical (unpaired) electrons. The Balaban J connectivity index is 1.69. The van der Waals surface area contributed by atoms with Gasteiger partial charge in [-0.1, -0.05) is 35.5 Å². The fourth-order valence-electron chi connectivity index (χ4n) is 1.99.